The van der Waals surface area contributed by atoms with E-state index in [0.717, 1.165) is 43.9 Å². The van der Waals surface area contributed by atoms with Gasteiger partial charge in [0, 0.05) is 0 Å². The van der Waals surface area contributed by atoms with Crippen LogP contribution < -0.4 is 0 Å². The summed E-state index contributed by atoms with van der Waals surface area (Å²) in [6.07, 6.45) is 9.90. The lowest BCUT2D eigenvalue weighted by molar-refractivity contribution is -0.154. The number of aliphatic hydroxyl groups is 1. The van der Waals surface area contributed by atoms with Gasteiger partial charge in [-0.2, -0.15) is 0 Å². The fraction of sp³-hybridized carbons (Fsp3) is 0.950. The van der Waals surface area contributed by atoms with E-state index in [1.54, 1.807) is 0 Å². The molecule has 0 aromatic carbocycles. The van der Waals surface area contributed by atoms with Crippen molar-refractivity contribution in [1.29, 1.82) is 0 Å². The maximum atomic E-state index is 11.7. The molecule has 0 heterocycles. The Morgan fingerprint density at radius 3 is 2.35 bits per heavy atom. The molecule has 0 saturated heterocycles. The van der Waals surface area contributed by atoms with Gasteiger partial charge in [0.05, 0.1) is 12.0 Å². The number of fused-ring (bicyclic) bond motifs is 5. The van der Waals surface area contributed by atoms with Crippen LogP contribution in [0.1, 0.15) is 71.6 Å². The van der Waals surface area contributed by atoms with E-state index < -0.39 is 5.97 Å². The number of aliphatic carboxylic acids is 1. The number of hydrogen-bond acceptors (Lipinski definition) is 2. The molecule has 0 spiro atoms. The fourth-order valence-electron chi connectivity index (χ4n) is 7.64. The number of hydrogen-bond donors (Lipinski definition) is 2. The zero-order valence-electron chi connectivity index (χ0n) is 14.6. The van der Waals surface area contributed by atoms with Crippen molar-refractivity contribution in [2.45, 2.75) is 77.7 Å². The zero-order chi connectivity index (χ0) is 16.4. The lowest BCUT2D eigenvalue weighted by Gasteiger charge is -2.60. The van der Waals surface area contributed by atoms with E-state index in [2.05, 4.69) is 13.8 Å². The molecule has 4 saturated carbocycles. The summed E-state index contributed by atoms with van der Waals surface area (Å²) in [6.45, 7) is 4.77. The Hall–Kier alpha value is -0.570. The summed E-state index contributed by atoms with van der Waals surface area (Å²) in [5.41, 5.74) is 0.426. The van der Waals surface area contributed by atoms with Crippen LogP contribution in [0.3, 0.4) is 0 Å². The molecule has 0 aromatic rings. The van der Waals surface area contributed by atoms with E-state index in [4.69, 9.17) is 0 Å². The average molecular weight is 320 g/mol. The van der Waals surface area contributed by atoms with Crippen LogP contribution in [0.15, 0.2) is 0 Å². The van der Waals surface area contributed by atoms with Crippen LogP contribution >= 0.6 is 0 Å². The minimum absolute atomic E-state index is 0.0321. The van der Waals surface area contributed by atoms with E-state index in [1.807, 2.05) is 0 Å². The topological polar surface area (TPSA) is 57.5 Å². The molecule has 4 aliphatic carbocycles. The summed E-state index contributed by atoms with van der Waals surface area (Å²) in [5, 5.41) is 19.7. The molecule has 3 heteroatoms. The standard InChI is InChI=1S/C20H32O3/c1-19-9-7-13(21)11-12(19)3-4-14-15-5-6-17(18(22)23)20(15,2)10-8-16(14)19/h12-17,21H,3-11H2,1-2H3,(H,22,23)/t12?,13-,14?,15?,16?,17?,19?,20?/m1/s1. The van der Waals surface area contributed by atoms with E-state index in [9.17, 15) is 15.0 Å². The molecular formula is C20H32O3. The predicted molar refractivity (Wildman–Crippen MR) is 88.9 cm³/mol. The van der Waals surface area contributed by atoms with Crippen molar-refractivity contribution in [3.8, 4) is 0 Å². The predicted octanol–water partition coefficient (Wildman–Crippen LogP) is 4.09. The second-order valence-corrected chi connectivity index (χ2v) is 9.60. The molecule has 8 atom stereocenters. The maximum absolute atomic E-state index is 11.7. The number of carbonyl (C=O) groups is 1. The largest absolute Gasteiger partial charge is 0.481 e. The molecule has 23 heavy (non-hydrogen) atoms. The summed E-state index contributed by atoms with van der Waals surface area (Å²) in [7, 11) is 0. The Bertz CT molecular complexity index is 503. The second-order valence-electron chi connectivity index (χ2n) is 9.60. The molecule has 3 nitrogen and oxygen atoms in total. The summed E-state index contributed by atoms with van der Waals surface area (Å²) in [6, 6.07) is 0. The van der Waals surface area contributed by atoms with Gasteiger partial charge in [0.1, 0.15) is 0 Å². The van der Waals surface area contributed by atoms with E-state index in [-0.39, 0.29) is 17.4 Å². The SMILES string of the molecule is CC12CC[C@@H](O)CC1CCC1C2CCC2(C)C(C(=O)O)CCC12. The van der Waals surface area contributed by atoms with E-state index in [0.29, 0.717) is 17.3 Å². The van der Waals surface area contributed by atoms with Crippen LogP contribution in [0, 0.1) is 40.4 Å². The lowest BCUT2D eigenvalue weighted by Crippen LogP contribution is -2.54. The fourth-order valence-corrected chi connectivity index (χ4v) is 7.64. The lowest BCUT2D eigenvalue weighted by atomic mass is 9.44. The van der Waals surface area contributed by atoms with Crippen molar-refractivity contribution >= 4 is 5.97 Å². The highest BCUT2D eigenvalue weighted by atomic mass is 16.4. The Morgan fingerprint density at radius 1 is 0.913 bits per heavy atom. The first-order chi connectivity index (χ1) is 10.9. The number of aliphatic hydroxyl groups excluding tert-OH is 1. The molecule has 4 fully saturated rings. The monoisotopic (exact) mass is 320 g/mol. The van der Waals surface area contributed by atoms with Gasteiger partial charge in [-0.15, -0.1) is 0 Å². The van der Waals surface area contributed by atoms with Crippen molar-refractivity contribution in [2.75, 3.05) is 0 Å². The first-order valence-corrected chi connectivity index (χ1v) is 9.77. The molecule has 7 unspecified atom stereocenters. The third kappa shape index (κ3) is 2.14. The van der Waals surface area contributed by atoms with Gasteiger partial charge < -0.3 is 10.2 Å². The summed E-state index contributed by atoms with van der Waals surface area (Å²) < 4.78 is 0. The highest BCUT2D eigenvalue weighted by molar-refractivity contribution is 5.71. The van der Waals surface area contributed by atoms with E-state index in [1.165, 1.54) is 25.7 Å². The van der Waals surface area contributed by atoms with Gasteiger partial charge in [-0.05, 0) is 92.3 Å². The summed E-state index contributed by atoms with van der Waals surface area (Å²) >= 11 is 0. The van der Waals surface area contributed by atoms with Crippen LogP contribution in [0.2, 0.25) is 0 Å². The highest BCUT2D eigenvalue weighted by Crippen LogP contribution is 2.67. The number of carboxylic acids is 1. The Labute approximate surface area is 139 Å². The van der Waals surface area contributed by atoms with Gasteiger partial charge >= 0.3 is 5.97 Å². The minimum atomic E-state index is -0.561. The molecule has 4 aliphatic rings. The summed E-state index contributed by atoms with van der Waals surface area (Å²) in [4.78, 5) is 11.7. The minimum Gasteiger partial charge on any atom is -0.481 e. The van der Waals surface area contributed by atoms with Crippen molar-refractivity contribution < 1.29 is 15.0 Å². The quantitative estimate of drug-likeness (QED) is 0.765. The van der Waals surface area contributed by atoms with Crippen molar-refractivity contribution in [3.05, 3.63) is 0 Å². The zero-order valence-corrected chi connectivity index (χ0v) is 14.6. The third-order valence-corrected chi connectivity index (χ3v) is 8.94. The molecule has 0 bridgehead atoms. The normalized spacial score (nSPS) is 55.6. The van der Waals surface area contributed by atoms with Gasteiger partial charge in [0.15, 0.2) is 0 Å². The molecule has 130 valence electrons. The first kappa shape index (κ1) is 15.9. The number of rotatable bonds is 1. The van der Waals surface area contributed by atoms with Crippen LogP contribution in [0.25, 0.3) is 0 Å². The van der Waals surface area contributed by atoms with Gasteiger partial charge in [-0.3, -0.25) is 4.79 Å². The van der Waals surface area contributed by atoms with Gasteiger partial charge in [-0.1, -0.05) is 13.8 Å². The van der Waals surface area contributed by atoms with Gasteiger partial charge in [0.2, 0.25) is 0 Å². The van der Waals surface area contributed by atoms with Crippen LogP contribution in [0.4, 0.5) is 0 Å². The molecule has 2 N–H and O–H groups in total. The second kappa shape index (κ2) is 5.21. The molecular weight excluding hydrogens is 288 g/mol. The highest BCUT2D eigenvalue weighted by Gasteiger charge is 2.61. The van der Waals surface area contributed by atoms with Gasteiger partial charge in [-0.25, -0.2) is 0 Å². The van der Waals surface area contributed by atoms with Crippen molar-refractivity contribution in [3.63, 3.8) is 0 Å². The molecule has 0 aliphatic heterocycles. The van der Waals surface area contributed by atoms with Crippen LogP contribution in [0.5, 0.6) is 0 Å². The van der Waals surface area contributed by atoms with Crippen LogP contribution in [-0.4, -0.2) is 22.3 Å². The third-order valence-electron chi connectivity index (χ3n) is 8.94. The summed E-state index contributed by atoms with van der Waals surface area (Å²) in [5.74, 6) is 2.12. The Balaban J connectivity index is 1.61. The van der Waals surface area contributed by atoms with Crippen molar-refractivity contribution in [1.82, 2.24) is 0 Å². The smallest absolute Gasteiger partial charge is 0.307 e. The molecule has 4 rings (SSSR count). The maximum Gasteiger partial charge on any atom is 0.307 e. The van der Waals surface area contributed by atoms with Crippen LogP contribution in [-0.2, 0) is 4.79 Å². The number of carboxylic acid groups (broad SMARTS) is 1. The van der Waals surface area contributed by atoms with E-state index >= 15 is 0 Å². The first-order valence-electron chi connectivity index (χ1n) is 9.77. The molecule has 0 amide bonds. The molecule has 0 aromatic heterocycles. The average Bonchev–Trinajstić information content (AvgIpc) is 2.85. The van der Waals surface area contributed by atoms with Crippen molar-refractivity contribution in [2.24, 2.45) is 40.4 Å². The Morgan fingerprint density at radius 2 is 1.61 bits per heavy atom. The Kier molecular flexibility index (Phi) is 3.61. The van der Waals surface area contributed by atoms with Gasteiger partial charge in [0.25, 0.3) is 0 Å². The molecule has 0 radical (unpaired) electrons.